The zero-order chi connectivity index (χ0) is 15.6. The molecule has 0 saturated carbocycles. The van der Waals surface area contributed by atoms with E-state index in [2.05, 4.69) is 10.3 Å². The number of rotatable bonds is 4. The number of amides is 1. The number of carbonyl (C=O) groups excluding carboxylic acids is 2. The number of nitrogens with one attached hydrogen (secondary N) is 2. The van der Waals surface area contributed by atoms with Crippen molar-refractivity contribution in [2.75, 3.05) is 11.9 Å². The first-order valence-electron chi connectivity index (χ1n) is 6.67. The second-order valence-electron chi connectivity index (χ2n) is 4.73. The normalized spacial score (nSPS) is 10.5. The van der Waals surface area contributed by atoms with E-state index < -0.39 is 5.97 Å². The molecule has 0 atom stereocenters. The molecule has 2 N–H and O–H groups in total. The molecule has 2 rings (SSSR count). The van der Waals surface area contributed by atoms with Crippen LogP contribution in [0.2, 0.25) is 0 Å². The summed E-state index contributed by atoms with van der Waals surface area (Å²) < 4.78 is 5.01. The van der Waals surface area contributed by atoms with Crippen LogP contribution in [0.25, 0.3) is 0 Å². The molecule has 0 bridgehead atoms. The molecule has 0 aliphatic carbocycles. The maximum absolute atomic E-state index is 12.3. The molecule has 1 amide bonds. The Morgan fingerprint density at radius 1 is 1.33 bits per heavy atom. The van der Waals surface area contributed by atoms with Crippen LogP contribution in [0.15, 0.2) is 12.3 Å². The number of hydrogen-bond donors (Lipinski definition) is 2. The van der Waals surface area contributed by atoms with Gasteiger partial charge in [0.05, 0.1) is 17.2 Å². The van der Waals surface area contributed by atoms with Crippen molar-refractivity contribution in [3.8, 4) is 0 Å². The summed E-state index contributed by atoms with van der Waals surface area (Å²) in [5.41, 5.74) is 2.57. The van der Waals surface area contributed by atoms with Crippen LogP contribution in [0.1, 0.15) is 43.1 Å². The highest BCUT2D eigenvalue weighted by atomic mass is 32.1. The fourth-order valence-corrected chi connectivity index (χ4v) is 2.89. The lowest BCUT2D eigenvalue weighted by Crippen LogP contribution is -2.14. The molecule has 0 fully saturated rings. The van der Waals surface area contributed by atoms with Crippen LogP contribution in [0.5, 0.6) is 0 Å². The number of aryl methyl sites for hydroxylation is 3. The van der Waals surface area contributed by atoms with E-state index in [9.17, 15) is 9.59 Å². The molecule has 0 unspecified atom stereocenters. The Hall–Kier alpha value is -2.08. The lowest BCUT2D eigenvalue weighted by atomic mass is 10.2. The minimum atomic E-state index is -0.440. The third-order valence-electron chi connectivity index (χ3n) is 3.19. The molecule has 0 aliphatic rings. The van der Waals surface area contributed by atoms with Crippen molar-refractivity contribution >= 4 is 28.9 Å². The second-order valence-corrected chi connectivity index (χ2v) is 5.98. The van der Waals surface area contributed by atoms with Gasteiger partial charge in [0.2, 0.25) is 0 Å². The highest BCUT2D eigenvalue weighted by Crippen LogP contribution is 2.24. The van der Waals surface area contributed by atoms with Crippen molar-refractivity contribution in [2.24, 2.45) is 0 Å². The van der Waals surface area contributed by atoms with Gasteiger partial charge in [-0.25, -0.2) is 4.79 Å². The first kappa shape index (κ1) is 15.3. The van der Waals surface area contributed by atoms with E-state index >= 15 is 0 Å². The highest BCUT2D eigenvalue weighted by Gasteiger charge is 2.20. The zero-order valence-corrected chi connectivity index (χ0v) is 13.3. The summed E-state index contributed by atoms with van der Waals surface area (Å²) in [6, 6.07) is 1.85. The number of esters is 1. The minimum Gasteiger partial charge on any atom is -0.462 e. The van der Waals surface area contributed by atoms with E-state index in [1.807, 2.05) is 19.9 Å². The van der Waals surface area contributed by atoms with Crippen molar-refractivity contribution in [1.29, 1.82) is 0 Å². The number of aromatic amines is 1. The standard InChI is InChI=1S/C15H18N2O3S/c1-5-20-15(19)13-9(3)16-7-11(13)17-14(18)12-6-8(2)10(4)21-12/h6-7,16H,5H2,1-4H3,(H,17,18). The molecular weight excluding hydrogens is 288 g/mol. The summed E-state index contributed by atoms with van der Waals surface area (Å²) in [6.07, 6.45) is 1.60. The van der Waals surface area contributed by atoms with Gasteiger partial charge in [-0.3, -0.25) is 4.79 Å². The Bertz CT molecular complexity index is 666. The molecule has 0 saturated heterocycles. The Labute approximate surface area is 127 Å². The first-order valence-corrected chi connectivity index (χ1v) is 7.49. The van der Waals surface area contributed by atoms with Crippen LogP contribution < -0.4 is 5.32 Å². The van der Waals surface area contributed by atoms with Crippen molar-refractivity contribution in [3.63, 3.8) is 0 Å². The van der Waals surface area contributed by atoms with Gasteiger partial charge in [0.1, 0.15) is 5.56 Å². The van der Waals surface area contributed by atoms with Gasteiger partial charge in [0.25, 0.3) is 5.91 Å². The molecule has 2 aromatic heterocycles. The topological polar surface area (TPSA) is 71.2 Å². The third kappa shape index (κ3) is 3.16. The average molecular weight is 306 g/mol. The van der Waals surface area contributed by atoms with Gasteiger partial charge in [-0.2, -0.15) is 0 Å². The van der Waals surface area contributed by atoms with Crippen molar-refractivity contribution in [2.45, 2.75) is 27.7 Å². The highest BCUT2D eigenvalue weighted by molar-refractivity contribution is 7.14. The number of H-pyrrole nitrogens is 1. The summed E-state index contributed by atoms with van der Waals surface area (Å²) in [6.45, 7) is 7.74. The van der Waals surface area contributed by atoms with Gasteiger partial charge in [0, 0.05) is 16.8 Å². The quantitative estimate of drug-likeness (QED) is 0.850. The molecule has 0 aromatic carbocycles. The van der Waals surface area contributed by atoms with Gasteiger partial charge < -0.3 is 15.0 Å². The van der Waals surface area contributed by atoms with Crippen LogP contribution in [-0.4, -0.2) is 23.5 Å². The summed E-state index contributed by atoms with van der Waals surface area (Å²) >= 11 is 1.43. The van der Waals surface area contributed by atoms with Crippen LogP contribution in [0, 0.1) is 20.8 Å². The minimum absolute atomic E-state index is 0.222. The summed E-state index contributed by atoms with van der Waals surface area (Å²) in [5, 5.41) is 2.77. The summed E-state index contributed by atoms with van der Waals surface area (Å²) in [5.74, 6) is -0.661. The zero-order valence-electron chi connectivity index (χ0n) is 12.5. The number of hydrogen-bond acceptors (Lipinski definition) is 4. The molecule has 0 radical (unpaired) electrons. The van der Waals surface area contributed by atoms with E-state index in [0.29, 0.717) is 28.4 Å². The van der Waals surface area contributed by atoms with Crippen LogP contribution in [0.3, 0.4) is 0 Å². The average Bonchev–Trinajstić information content (AvgIpc) is 2.94. The third-order valence-corrected chi connectivity index (χ3v) is 4.35. The number of thiophene rings is 1. The van der Waals surface area contributed by atoms with Gasteiger partial charge in [-0.1, -0.05) is 0 Å². The van der Waals surface area contributed by atoms with Crippen molar-refractivity contribution in [3.05, 3.63) is 38.8 Å². The number of aromatic nitrogens is 1. The van der Waals surface area contributed by atoms with E-state index in [4.69, 9.17) is 4.74 Å². The molecule has 21 heavy (non-hydrogen) atoms. The number of anilines is 1. The number of ether oxygens (including phenoxy) is 1. The summed E-state index contributed by atoms with van der Waals surface area (Å²) in [7, 11) is 0. The van der Waals surface area contributed by atoms with Gasteiger partial charge in [-0.05, 0) is 39.3 Å². The van der Waals surface area contributed by atoms with E-state index in [1.165, 1.54) is 11.3 Å². The first-order chi connectivity index (χ1) is 9.93. The molecule has 112 valence electrons. The Kier molecular flexibility index (Phi) is 4.47. The second kappa shape index (κ2) is 6.13. The van der Waals surface area contributed by atoms with Crippen molar-refractivity contribution in [1.82, 2.24) is 4.98 Å². The number of carbonyl (C=O) groups is 2. The Balaban J connectivity index is 2.24. The lowest BCUT2D eigenvalue weighted by Gasteiger charge is -2.06. The van der Waals surface area contributed by atoms with Gasteiger partial charge >= 0.3 is 5.97 Å². The monoisotopic (exact) mass is 306 g/mol. The van der Waals surface area contributed by atoms with Gasteiger partial charge in [-0.15, -0.1) is 11.3 Å². The maximum atomic E-state index is 12.3. The molecular formula is C15H18N2O3S. The Morgan fingerprint density at radius 2 is 2.05 bits per heavy atom. The fraction of sp³-hybridized carbons (Fsp3) is 0.333. The smallest absolute Gasteiger partial charge is 0.342 e. The lowest BCUT2D eigenvalue weighted by molar-refractivity contribution is 0.0527. The molecule has 0 spiro atoms. The predicted octanol–water partition coefficient (Wildman–Crippen LogP) is 3.43. The Morgan fingerprint density at radius 3 is 2.62 bits per heavy atom. The van der Waals surface area contributed by atoms with E-state index in [0.717, 1.165) is 10.4 Å². The van der Waals surface area contributed by atoms with Gasteiger partial charge in [0.15, 0.2) is 0 Å². The van der Waals surface area contributed by atoms with Crippen LogP contribution in [-0.2, 0) is 4.74 Å². The van der Waals surface area contributed by atoms with E-state index in [-0.39, 0.29) is 5.91 Å². The molecule has 6 heteroatoms. The van der Waals surface area contributed by atoms with E-state index in [1.54, 1.807) is 20.0 Å². The summed E-state index contributed by atoms with van der Waals surface area (Å²) in [4.78, 5) is 28.9. The molecule has 2 aromatic rings. The van der Waals surface area contributed by atoms with Crippen LogP contribution >= 0.6 is 11.3 Å². The SMILES string of the molecule is CCOC(=O)c1c(NC(=O)c2cc(C)c(C)s2)c[nH]c1C. The molecule has 5 nitrogen and oxygen atoms in total. The largest absolute Gasteiger partial charge is 0.462 e. The fourth-order valence-electron chi connectivity index (χ4n) is 1.96. The molecule has 2 heterocycles. The predicted molar refractivity (Wildman–Crippen MR) is 83.2 cm³/mol. The molecule has 0 aliphatic heterocycles. The van der Waals surface area contributed by atoms with Crippen LogP contribution in [0.4, 0.5) is 5.69 Å². The van der Waals surface area contributed by atoms with Crippen molar-refractivity contribution < 1.29 is 14.3 Å². The maximum Gasteiger partial charge on any atom is 0.342 e.